The fourth-order valence-electron chi connectivity index (χ4n) is 3.79. The van der Waals surface area contributed by atoms with Crippen molar-refractivity contribution in [1.82, 2.24) is 19.8 Å². The molecule has 0 radical (unpaired) electrons. The molecule has 3 aromatic rings. The molecule has 0 unspecified atom stereocenters. The van der Waals surface area contributed by atoms with Gasteiger partial charge in [-0.05, 0) is 72.4 Å². The van der Waals surface area contributed by atoms with Crippen molar-refractivity contribution < 1.29 is 13.2 Å². The Morgan fingerprint density at radius 3 is 2.53 bits per heavy atom. The number of carbonyl (C=O) groups is 1. The Morgan fingerprint density at radius 1 is 1.06 bits per heavy atom. The highest BCUT2D eigenvalue weighted by Gasteiger charge is 2.21. The SMILES string of the molecule is O=C(NCC=C1CCCc2cnn(Cc3ccc(Cl)cc3Cl)c21)NS(=O)(=O)c1ccc(Cl)cc1. The predicted molar refractivity (Wildman–Crippen MR) is 134 cm³/mol. The number of nitrogens with zero attached hydrogens (tertiary/aromatic N) is 2. The van der Waals surface area contributed by atoms with Gasteiger partial charge in [-0.25, -0.2) is 17.9 Å². The lowest BCUT2D eigenvalue weighted by Gasteiger charge is -2.18. The lowest BCUT2D eigenvalue weighted by molar-refractivity contribution is 0.247. The van der Waals surface area contributed by atoms with Gasteiger partial charge in [0.2, 0.25) is 0 Å². The van der Waals surface area contributed by atoms with Crippen molar-refractivity contribution in [2.24, 2.45) is 0 Å². The molecule has 1 aromatic heterocycles. The molecule has 178 valence electrons. The fraction of sp³-hybridized carbons (Fsp3) is 0.217. The zero-order valence-electron chi connectivity index (χ0n) is 17.9. The van der Waals surface area contributed by atoms with E-state index in [0.717, 1.165) is 41.7 Å². The first kappa shape index (κ1) is 24.6. The van der Waals surface area contributed by atoms with Crippen LogP contribution in [0.3, 0.4) is 0 Å². The van der Waals surface area contributed by atoms with Crippen LogP contribution in [0.15, 0.2) is 59.6 Å². The standard InChI is InChI=1S/C23H21Cl3N4O3S/c24-18-6-8-20(9-7-18)34(32,33)29-23(31)27-11-10-15-2-1-3-16-13-28-30(22(15)16)14-17-4-5-19(25)12-21(17)26/h4-10,12-13H,1-3,11,14H2,(H2,27,29,31). The number of allylic oxidation sites excluding steroid dienone is 1. The molecule has 34 heavy (non-hydrogen) atoms. The molecule has 0 fully saturated rings. The number of rotatable bonds is 6. The molecule has 0 aliphatic heterocycles. The summed E-state index contributed by atoms with van der Waals surface area (Å²) in [5.41, 5.74) is 4.04. The normalized spacial score (nSPS) is 14.6. The molecular formula is C23H21Cl3N4O3S. The van der Waals surface area contributed by atoms with Gasteiger partial charge in [-0.3, -0.25) is 4.68 Å². The number of amides is 2. The van der Waals surface area contributed by atoms with Crippen molar-refractivity contribution in [2.75, 3.05) is 6.54 Å². The van der Waals surface area contributed by atoms with E-state index in [9.17, 15) is 13.2 Å². The number of urea groups is 1. The number of fused-ring (bicyclic) bond motifs is 1. The van der Waals surface area contributed by atoms with Gasteiger partial charge >= 0.3 is 6.03 Å². The highest BCUT2D eigenvalue weighted by atomic mass is 35.5. The van der Waals surface area contributed by atoms with Gasteiger partial charge in [-0.1, -0.05) is 46.9 Å². The maximum absolute atomic E-state index is 12.4. The third-order valence-corrected chi connectivity index (χ3v) is 7.59. The fourth-order valence-corrected chi connectivity index (χ4v) is 5.32. The highest BCUT2D eigenvalue weighted by Crippen LogP contribution is 2.31. The molecule has 0 bridgehead atoms. The van der Waals surface area contributed by atoms with Gasteiger partial charge < -0.3 is 5.32 Å². The Balaban J connectivity index is 1.44. The van der Waals surface area contributed by atoms with Gasteiger partial charge in [0.15, 0.2) is 0 Å². The quantitative estimate of drug-likeness (QED) is 0.445. The van der Waals surface area contributed by atoms with Crippen LogP contribution in [-0.4, -0.2) is 30.8 Å². The molecule has 2 amide bonds. The molecule has 1 heterocycles. The number of sulfonamides is 1. The van der Waals surface area contributed by atoms with E-state index in [1.54, 1.807) is 12.1 Å². The highest BCUT2D eigenvalue weighted by molar-refractivity contribution is 7.90. The monoisotopic (exact) mass is 538 g/mol. The summed E-state index contributed by atoms with van der Waals surface area (Å²) in [6, 6.07) is 10.1. The van der Waals surface area contributed by atoms with Crippen molar-refractivity contribution in [3.8, 4) is 0 Å². The van der Waals surface area contributed by atoms with Crippen LogP contribution in [0.25, 0.3) is 5.57 Å². The van der Waals surface area contributed by atoms with E-state index < -0.39 is 16.1 Å². The van der Waals surface area contributed by atoms with E-state index in [1.165, 1.54) is 24.3 Å². The second-order valence-corrected chi connectivity index (χ2v) is 10.7. The number of aryl methyl sites for hydroxylation is 1. The lowest BCUT2D eigenvalue weighted by Crippen LogP contribution is -2.39. The lowest BCUT2D eigenvalue weighted by atomic mass is 9.92. The summed E-state index contributed by atoms with van der Waals surface area (Å²) in [7, 11) is -4.00. The summed E-state index contributed by atoms with van der Waals surface area (Å²) in [5.74, 6) is 0. The largest absolute Gasteiger partial charge is 0.334 e. The van der Waals surface area contributed by atoms with Crippen LogP contribution in [0.2, 0.25) is 15.1 Å². The van der Waals surface area contributed by atoms with Gasteiger partial charge in [0.25, 0.3) is 10.0 Å². The van der Waals surface area contributed by atoms with Crippen molar-refractivity contribution in [3.63, 3.8) is 0 Å². The first-order chi connectivity index (χ1) is 16.2. The van der Waals surface area contributed by atoms with Crippen molar-refractivity contribution in [3.05, 3.63) is 86.6 Å². The minimum atomic E-state index is -4.00. The first-order valence-corrected chi connectivity index (χ1v) is 13.1. The van der Waals surface area contributed by atoms with Gasteiger partial charge in [-0.2, -0.15) is 5.10 Å². The molecule has 1 aliphatic carbocycles. The molecule has 1 aliphatic rings. The topological polar surface area (TPSA) is 93.1 Å². The molecule has 7 nitrogen and oxygen atoms in total. The Labute approximate surface area is 212 Å². The number of halogens is 3. The number of aromatic nitrogens is 2. The molecule has 0 saturated heterocycles. The third kappa shape index (κ3) is 5.75. The van der Waals surface area contributed by atoms with E-state index in [4.69, 9.17) is 34.8 Å². The summed E-state index contributed by atoms with van der Waals surface area (Å²) in [5, 5.41) is 8.65. The summed E-state index contributed by atoms with van der Waals surface area (Å²) in [6.07, 6.45) is 6.43. The van der Waals surface area contributed by atoms with Crippen molar-refractivity contribution in [2.45, 2.75) is 30.7 Å². The van der Waals surface area contributed by atoms with Crippen LogP contribution in [-0.2, 0) is 23.0 Å². The molecule has 0 spiro atoms. The number of carbonyl (C=O) groups excluding carboxylic acids is 1. The maximum Gasteiger partial charge on any atom is 0.328 e. The number of hydrogen-bond acceptors (Lipinski definition) is 4. The van der Waals surface area contributed by atoms with Gasteiger partial charge in [0.05, 0.1) is 23.3 Å². The second-order valence-electron chi connectivity index (χ2n) is 7.76. The number of hydrogen-bond donors (Lipinski definition) is 2. The summed E-state index contributed by atoms with van der Waals surface area (Å²) >= 11 is 18.1. The van der Waals surface area contributed by atoms with E-state index in [-0.39, 0.29) is 11.4 Å². The molecule has 0 atom stereocenters. The second kappa shape index (κ2) is 10.4. The summed E-state index contributed by atoms with van der Waals surface area (Å²) < 4.78 is 28.6. The van der Waals surface area contributed by atoms with E-state index >= 15 is 0 Å². The van der Waals surface area contributed by atoms with Gasteiger partial charge in [0.1, 0.15) is 0 Å². The number of benzene rings is 2. The Hall–Kier alpha value is -2.52. The first-order valence-electron chi connectivity index (χ1n) is 10.5. The maximum atomic E-state index is 12.4. The summed E-state index contributed by atoms with van der Waals surface area (Å²) in [6.45, 7) is 0.638. The van der Waals surface area contributed by atoms with Gasteiger partial charge in [0, 0.05) is 21.6 Å². The van der Waals surface area contributed by atoms with Crippen LogP contribution in [0.4, 0.5) is 4.79 Å². The molecular weight excluding hydrogens is 519 g/mol. The van der Waals surface area contributed by atoms with E-state index in [2.05, 4.69) is 10.4 Å². The van der Waals surface area contributed by atoms with Crippen LogP contribution < -0.4 is 10.0 Å². The summed E-state index contributed by atoms with van der Waals surface area (Å²) in [4.78, 5) is 12.2. The molecule has 4 rings (SSSR count). The molecule has 2 N–H and O–H groups in total. The average molecular weight is 540 g/mol. The van der Waals surface area contributed by atoms with Crippen LogP contribution in [0.1, 0.15) is 29.7 Å². The van der Waals surface area contributed by atoms with E-state index in [0.29, 0.717) is 21.6 Å². The molecule has 11 heteroatoms. The van der Waals surface area contributed by atoms with Crippen molar-refractivity contribution in [1.29, 1.82) is 0 Å². The minimum Gasteiger partial charge on any atom is -0.334 e. The predicted octanol–water partition coefficient (Wildman–Crippen LogP) is 5.30. The average Bonchev–Trinajstić information content (AvgIpc) is 3.19. The smallest absolute Gasteiger partial charge is 0.328 e. The molecule has 0 saturated carbocycles. The van der Waals surface area contributed by atoms with Crippen LogP contribution >= 0.6 is 34.8 Å². The van der Waals surface area contributed by atoms with Crippen LogP contribution in [0, 0.1) is 0 Å². The Bertz CT molecular complexity index is 1350. The Kier molecular flexibility index (Phi) is 7.52. The zero-order chi connectivity index (χ0) is 24.3. The Morgan fingerprint density at radius 2 is 1.79 bits per heavy atom. The third-order valence-electron chi connectivity index (χ3n) is 5.41. The van der Waals surface area contributed by atoms with E-state index in [1.807, 2.05) is 27.7 Å². The minimum absolute atomic E-state index is 0.0490. The van der Waals surface area contributed by atoms with Crippen LogP contribution in [0.5, 0.6) is 0 Å². The van der Waals surface area contributed by atoms with Gasteiger partial charge in [-0.15, -0.1) is 0 Å². The van der Waals surface area contributed by atoms with Crippen molar-refractivity contribution >= 4 is 56.4 Å². The molecule has 2 aromatic carbocycles. The zero-order valence-corrected chi connectivity index (χ0v) is 21.0. The number of nitrogens with one attached hydrogen (secondary N) is 2.